The molecule has 0 aromatic carbocycles. The van der Waals surface area contributed by atoms with E-state index in [1.54, 1.807) is 13.0 Å². The normalized spacial score (nSPS) is 18.4. The van der Waals surface area contributed by atoms with Gasteiger partial charge in [-0.1, -0.05) is 5.16 Å². The fraction of sp³-hybridized carbons (Fsp3) is 0.700. The SMILES string of the molecule is Cc1cc(CNS(=O)(=O)C2CCNCC2)no1. The Kier molecular flexibility index (Phi) is 3.80. The molecule has 2 heterocycles. The van der Waals surface area contributed by atoms with Crippen LogP contribution in [-0.2, 0) is 16.6 Å². The maximum Gasteiger partial charge on any atom is 0.214 e. The third-order valence-electron chi connectivity index (χ3n) is 2.86. The highest BCUT2D eigenvalue weighted by Crippen LogP contribution is 2.12. The Hall–Kier alpha value is -0.920. The molecule has 6 nitrogen and oxygen atoms in total. The first-order valence-corrected chi connectivity index (χ1v) is 7.24. The molecule has 0 unspecified atom stereocenters. The van der Waals surface area contributed by atoms with E-state index in [1.807, 2.05) is 0 Å². The molecule has 7 heteroatoms. The monoisotopic (exact) mass is 259 g/mol. The van der Waals surface area contributed by atoms with Crippen LogP contribution in [0.5, 0.6) is 0 Å². The second kappa shape index (κ2) is 5.16. The van der Waals surface area contributed by atoms with Crippen molar-refractivity contribution in [2.75, 3.05) is 13.1 Å². The Bertz CT molecular complexity index is 463. The van der Waals surface area contributed by atoms with Gasteiger partial charge in [-0.2, -0.15) is 0 Å². The highest BCUT2D eigenvalue weighted by Gasteiger charge is 2.26. The van der Waals surface area contributed by atoms with Crippen LogP contribution >= 0.6 is 0 Å². The van der Waals surface area contributed by atoms with Crippen molar-refractivity contribution in [3.05, 3.63) is 17.5 Å². The van der Waals surface area contributed by atoms with Gasteiger partial charge in [0.25, 0.3) is 0 Å². The number of piperidine rings is 1. The molecule has 1 aromatic rings. The zero-order chi connectivity index (χ0) is 12.3. The number of sulfonamides is 1. The van der Waals surface area contributed by atoms with E-state index in [0.717, 1.165) is 13.1 Å². The molecule has 0 radical (unpaired) electrons. The lowest BCUT2D eigenvalue weighted by Gasteiger charge is -2.22. The van der Waals surface area contributed by atoms with Gasteiger partial charge in [-0.15, -0.1) is 0 Å². The van der Waals surface area contributed by atoms with Crippen LogP contribution in [0.15, 0.2) is 10.6 Å². The molecule has 1 aliphatic heterocycles. The van der Waals surface area contributed by atoms with E-state index < -0.39 is 10.0 Å². The van der Waals surface area contributed by atoms with Crippen molar-refractivity contribution < 1.29 is 12.9 Å². The third-order valence-corrected chi connectivity index (χ3v) is 4.75. The van der Waals surface area contributed by atoms with Crippen molar-refractivity contribution in [1.29, 1.82) is 0 Å². The van der Waals surface area contributed by atoms with Crippen molar-refractivity contribution in [3.8, 4) is 0 Å². The number of nitrogens with zero attached hydrogens (tertiary/aromatic N) is 1. The van der Waals surface area contributed by atoms with E-state index in [0.29, 0.717) is 24.3 Å². The third kappa shape index (κ3) is 3.27. The predicted octanol–water partition coefficient (Wildman–Crippen LogP) is 0.154. The van der Waals surface area contributed by atoms with Gasteiger partial charge >= 0.3 is 0 Å². The predicted molar refractivity (Wildman–Crippen MR) is 62.9 cm³/mol. The standard InChI is InChI=1S/C10H17N3O3S/c1-8-6-9(13-16-8)7-12-17(14,15)10-2-4-11-5-3-10/h6,10-12H,2-5,7H2,1H3. The Labute approximate surface area is 101 Å². The summed E-state index contributed by atoms with van der Waals surface area (Å²) in [5.74, 6) is 0.682. The number of aryl methyl sites for hydroxylation is 1. The van der Waals surface area contributed by atoms with Gasteiger partial charge < -0.3 is 9.84 Å². The molecule has 1 saturated heterocycles. The van der Waals surface area contributed by atoms with Crippen LogP contribution in [0.25, 0.3) is 0 Å². The van der Waals surface area contributed by atoms with Gasteiger partial charge in [-0.25, -0.2) is 13.1 Å². The largest absolute Gasteiger partial charge is 0.361 e. The van der Waals surface area contributed by atoms with Gasteiger partial charge in [-0.3, -0.25) is 0 Å². The van der Waals surface area contributed by atoms with Crippen LogP contribution in [0.1, 0.15) is 24.3 Å². The lowest BCUT2D eigenvalue weighted by molar-refractivity contribution is 0.389. The number of nitrogens with one attached hydrogen (secondary N) is 2. The first kappa shape index (κ1) is 12.5. The van der Waals surface area contributed by atoms with Crippen molar-refractivity contribution >= 4 is 10.0 Å². The maximum absolute atomic E-state index is 12.0. The van der Waals surface area contributed by atoms with Crippen LogP contribution in [0.4, 0.5) is 0 Å². The van der Waals surface area contributed by atoms with E-state index >= 15 is 0 Å². The summed E-state index contributed by atoms with van der Waals surface area (Å²) in [7, 11) is -3.24. The topological polar surface area (TPSA) is 84.2 Å². The van der Waals surface area contributed by atoms with Crippen molar-refractivity contribution in [2.24, 2.45) is 0 Å². The number of hydrogen-bond donors (Lipinski definition) is 2. The summed E-state index contributed by atoms with van der Waals surface area (Å²) in [5, 5.41) is 6.60. The Morgan fingerprint density at radius 1 is 1.53 bits per heavy atom. The van der Waals surface area contributed by atoms with Gasteiger partial charge in [0.05, 0.1) is 17.5 Å². The van der Waals surface area contributed by atoms with Crippen LogP contribution < -0.4 is 10.0 Å². The maximum atomic E-state index is 12.0. The lowest BCUT2D eigenvalue weighted by atomic mass is 10.2. The summed E-state index contributed by atoms with van der Waals surface area (Å²) in [6.45, 7) is 3.49. The van der Waals surface area contributed by atoms with E-state index in [9.17, 15) is 8.42 Å². The van der Waals surface area contributed by atoms with Crippen LogP contribution in [0.3, 0.4) is 0 Å². The van der Waals surface area contributed by atoms with Gasteiger partial charge in [0.1, 0.15) is 5.76 Å². The summed E-state index contributed by atoms with van der Waals surface area (Å²) in [6.07, 6.45) is 1.32. The van der Waals surface area contributed by atoms with E-state index in [4.69, 9.17) is 4.52 Å². The second-order valence-corrected chi connectivity index (χ2v) is 6.29. The van der Waals surface area contributed by atoms with Crippen molar-refractivity contribution in [2.45, 2.75) is 31.6 Å². The average molecular weight is 259 g/mol. The number of aromatic nitrogens is 1. The first-order valence-electron chi connectivity index (χ1n) is 5.69. The minimum absolute atomic E-state index is 0.198. The summed E-state index contributed by atoms with van der Waals surface area (Å²) in [4.78, 5) is 0. The minimum atomic E-state index is -3.24. The van der Waals surface area contributed by atoms with Gasteiger partial charge in [-0.05, 0) is 32.9 Å². The van der Waals surface area contributed by atoms with E-state index in [1.165, 1.54) is 0 Å². The Morgan fingerprint density at radius 3 is 2.82 bits per heavy atom. The fourth-order valence-corrected chi connectivity index (χ4v) is 3.34. The highest BCUT2D eigenvalue weighted by molar-refractivity contribution is 7.90. The Morgan fingerprint density at radius 2 is 2.24 bits per heavy atom. The molecule has 96 valence electrons. The van der Waals surface area contributed by atoms with E-state index in [-0.39, 0.29) is 11.8 Å². The molecule has 17 heavy (non-hydrogen) atoms. The summed E-state index contributed by atoms with van der Waals surface area (Å²) in [5.41, 5.74) is 0.611. The van der Waals surface area contributed by atoms with Gasteiger partial charge in [0.2, 0.25) is 10.0 Å². The summed E-state index contributed by atoms with van der Waals surface area (Å²) >= 11 is 0. The molecule has 1 aliphatic rings. The van der Waals surface area contributed by atoms with Gasteiger partial charge in [0.15, 0.2) is 0 Å². The molecule has 2 N–H and O–H groups in total. The zero-order valence-electron chi connectivity index (χ0n) is 9.77. The summed E-state index contributed by atoms with van der Waals surface area (Å²) in [6, 6.07) is 1.73. The van der Waals surface area contributed by atoms with Crippen LogP contribution in [0.2, 0.25) is 0 Å². The average Bonchev–Trinajstić information content (AvgIpc) is 2.74. The summed E-state index contributed by atoms with van der Waals surface area (Å²) < 4.78 is 31.4. The van der Waals surface area contributed by atoms with Crippen molar-refractivity contribution in [3.63, 3.8) is 0 Å². The van der Waals surface area contributed by atoms with E-state index in [2.05, 4.69) is 15.2 Å². The molecule has 0 spiro atoms. The number of hydrogen-bond acceptors (Lipinski definition) is 5. The van der Waals surface area contributed by atoms with Crippen LogP contribution in [-0.4, -0.2) is 31.9 Å². The quantitative estimate of drug-likeness (QED) is 0.804. The molecule has 0 saturated carbocycles. The van der Waals surface area contributed by atoms with Gasteiger partial charge in [0, 0.05) is 6.07 Å². The lowest BCUT2D eigenvalue weighted by Crippen LogP contribution is -2.41. The van der Waals surface area contributed by atoms with Crippen molar-refractivity contribution in [1.82, 2.24) is 15.2 Å². The van der Waals surface area contributed by atoms with Crippen LogP contribution in [0, 0.1) is 6.92 Å². The molecule has 2 rings (SSSR count). The molecule has 1 fully saturated rings. The fourth-order valence-electron chi connectivity index (χ4n) is 1.90. The second-order valence-electron chi connectivity index (χ2n) is 4.24. The molecule has 0 bridgehead atoms. The Balaban J connectivity index is 1.92. The minimum Gasteiger partial charge on any atom is -0.361 e. The molecule has 0 aliphatic carbocycles. The molecule has 0 amide bonds. The number of rotatable bonds is 4. The molecular formula is C10H17N3O3S. The smallest absolute Gasteiger partial charge is 0.214 e. The molecule has 0 atom stereocenters. The molecular weight excluding hydrogens is 242 g/mol. The zero-order valence-corrected chi connectivity index (χ0v) is 10.6. The first-order chi connectivity index (χ1) is 8.08. The highest BCUT2D eigenvalue weighted by atomic mass is 32.2. The molecule has 1 aromatic heterocycles.